The normalized spacial score (nSPS) is 13.1. The molecule has 0 aliphatic heterocycles. The van der Waals surface area contributed by atoms with E-state index in [0.717, 1.165) is 23.8 Å². The molecule has 0 saturated carbocycles. The number of halogens is 2. The monoisotopic (exact) mass is 346 g/mol. The van der Waals surface area contributed by atoms with Gasteiger partial charge in [-0.25, -0.2) is 8.78 Å². The van der Waals surface area contributed by atoms with Crippen LogP contribution < -0.4 is 10.6 Å². The predicted octanol–water partition coefficient (Wildman–Crippen LogP) is 2.89. The number of amides is 2. The minimum absolute atomic E-state index is 0.0747. The zero-order valence-electron chi connectivity index (χ0n) is 14.1. The molecule has 2 aromatic rings. The van der Waals surface area contributed by atoms with Crippen LogP contribution in [0.15, 0.2) is 48.5 Å². The van der Waals surface area contributed by atoms with Gasteiger partial charge in [-0.05, 0) is 37.1 Å². The Morgan fingerprint density at radius 1 is 1.00 bits per heavy atom. The van der Waals surface area contributed by atoms with E-state index in [1.807, 2.05) is 37.3 Å². The van der Waals surface area contributed by atoms with Crippen molar-refractivity contribution in [1.82, 2.24) is 10.6 Å². The lowest BCUT2D eigenvalue weighted by Crippen LogP contribution is -2.45. The molecular weight excluding hydrogens is 326 g/mol. The minimum atomic E-state index is -0.763. The van der Waals surface area contributed by atoms with Crippen LogP contribution in [-0.4, -0.2) is 17.9 Å². The molecule has 0 aliphatic carbocycles. The first-order valence-electron chi connectivity index (χ1n) is 7.95. The van der Waals surface area contributed by atoms with Crippen LogP contribution in [0.25, 0.3) is 0 Å². The second-order valence-corrected chi connectivity index (χ2v) is 5.89. The Balaban J connectivity index is 1.88. The molecule has 2 rings (SSSR count). The fourth-order valence-electron chi connectivity index (χ4n) is 2.48. The van der Waals surface area contributed by atoms with Gasteiger partial charge in [0.25, 0.3) is 0 Å². The molecule has 0 aromatic heterocycles. The Labute approximate surface area is 145 Å². The largest absolute Gasteiger partial charge is 0.299 e. The van der Waals surface area contributed by atoms with E-state index < -0.39 is 29.5 Å². The van der Waals surface area contributed by atoms with Crippen molar-refractivity contribution in [3.63, 3.8) is 0 Å². The van der Waals surface area contributed by atoms with E-state index in [2.05, 4.69) is 10.6 Å². The van der Waals surface area contributed by atoms with E-state index in [0.29, 0.717) is 0 Å². The summed E-state index contributed by atoms with van der Waals surface area (Å²) in [6, 6.07) is 11.7. The molecule has 25 heavy (non-hydrogen) atoms. The molecule has 0 saturated heterocycles. The number of hydrogen-bond donors (Lipinski definition) is 2. The van der Waals surface area contributed by atoms with Gasteiger partial charge in [-0.3, -0.25) is 20.2 Å². The topological polar surface area (TPSA) is 58.2 Å². The van der Waals surface area contributed by atoms with Crippen LogP contribution in [0.3, 0.4) is 0 Å². The summed E-state index contributed by atoms with van der Waals surface area (Å²) in [5.74, 6) is -2.64. The molecule has 0 aliphatic rings. The number of imide groups is 1. The fourth-order valence-corrected chi connectivity index (χ4v) is 2.48. The molecule has 0 fully saturated rings. The first-order valence-corrected chi connectivity index (χ1v) is 7.95. The molecule has 0 radical (unpaired) electrons. The van der Waals surface area contributed by atoms with Crippen molar-refractivity contribution >= 4 is 11.8 Å². The smallest absolute Gasteiger partial charge is 0.243 e. The van der Waals surface area contributed by atoms with Gasteiger partial charge < -0.3 is 0 Å². The Bertz CT molecular complexity index is 730. The molecule has 2 atom stereocenters. The van der Waals surface area contributed by atoms with Crippen LogP contribution in [0.4, 0.5) is 8.78 Å². The second kappa shape index (κ2) is 8.48. The van der Waals surface area contributed by atoms with Gasteiger partial charge in [-0.2, -0.15) is 0 Å². The highest BCUT2D eigenvalue weighted by Gasteiger charge is 2.18. The lowest BCUT2D eigenvalue weighted by atomic mass is 10.1. The third-order valence-corrected chi connectivity index (χ3v) is 3.74. The Morgan fingerprint density at radius 2 is 1.60 bits per heavy atom. The van der Waals surface area contributed by atoms with Crippen LogP contribution in [0.2, 0.25) is 0 Å². The van der Waals surface area contributed by atoms with Gasteiger partial charge >= 0.3 is 0 Å². The summed E-state index contributed by atoms with van der Waals surface area (Å²) >= 11 is 0. The summed E-state index contributed by atoms with van der Waals surface area (Å²) in [5, 5.41) is 5.34. The first kappa shape index (κ1) is 18.7. The molecule has 0 unspecified atom stereocenters. The van der Waals surface area contributed by atoms with Crippen molar-refractivity contribution < 1.29 is 18.4 Å². The molecule has 2 amide bonds. The Hall–Kier alpha value is -2.60. The van der Waals surface area contributed by atoms with Crippen LogP contribution in [0.5, 0.6) is 0 Å². The summed E-state index contributed by atoms with van der Waals surface area (Å²) in [6.45, 7) is 3.56. The molecule has 0 spiro atoms. The van der Waals surface area contributed by atoms with Gasteiger partial charge in [0.2, 0.25) is 11.8 Å². The van der Waals surface area contributed by atoms with Crippen LogP contribution in [0, 0.1) is 11.6 Å². The molecule has 0 bridgehead atoms. The average molecular weight is 346 g/mol. The Kier molecular flexibility index (Phi) is 6.36. The third-order valence-electron chi connectivity index (χ3n) is 3.74. The summed E-state index contributed by atoms with van der Waals surface area (Å²) in [7, 11) is 0. The maximum Gasteiger partial charge on any atom is 0.243 e. The highest BCUT2D eigenvalue weighted by molar-refractivity contribution is 5.98. The van der Waals surface area contributed by atoms with Crippen LogP contribution in [0.1, 0.15) is 31.0 Å². The number of hydrogen-bond acceptors (Lipinski definition) is 3. The van der Waals surface area contributed by atoms with E-state index in [-0.39, 0.29) is 18.0 Å². The van der Waals surface area contributed by atoms with Crippen LogP contribution >= 0.6 is 0 Å². The number of nitrogens with one attached hydrogen (secondary N) is 2. The number of carbonyl (C=O) groups excluding carboxylic acids is 2. The van der Waals surface area contributed by atoms with Gasteiger partial charge in [0.05, 0.1) is 12.5 Å². The Morgan fingerprint density at radius 3 is 2.20 bits per heavy atom. The number of benzene rings is 2. The standard InChI is InChI=1S/C19H20F2N2O2/c1-12(15-6-4-3-5-7-15)22-13(2)19(25)23-18(24)10-14-8-16(20)11-17(21)9-14/h3-9,11-13,22H,10H2,1-2H3,(H,23,24,25)/t12-,13+/m1/s1. The van der Waals surface area contributed by atoms with E-state index in [1.165, 1.54) is 0 Å². The highest BCUT2D eigenvalue weighted by Crippen LogP contribution is 2.12. The fraction of sp³-hybridized carbons (Fsp3) is 0.263. The SMILES string of the molecule is C[C@H](N[C@H](C)c1ccccc1)C(=O)NC(=O)Cc1cc(F)cc(F)c1. The van der Waals surface area contributed by atoms with Crippen molar-refractivity contribution in [2.45, 2.75) is 32.4 Å². The molecule has 6 heteroatoms. The maximum atomic E-state index is 13.1. The molecule has 4 nitrogen and oxygen atoms in total. The van der Waals surface area contributed by atoms with Gasteiger partial charge in [0.15, 0.2) is 0 Å². The number of carbonyl (C=O) groups is 2. The number of rotatable bonds is 6. The van der Waals surface area contributed by atoms with Crippen molar-refractivity contribution in [3.8, 4) is 0 Å². The zero-order chi connectivity index (χ0) is 18.4. The quantitative estimate of drug-likeness (QED) is 0.846. The minimum Gasteiger partial charge on any atom is -0.299 e. The van der Waals surface area contributed by atoms with E-state index >= 15 is 0 Å². The van der Waals surface area contributed by atoms with Gasteiger partial charge in [0.1, 0.15) is 11.6 Å². The second-order valence-electron chi connectivity index (χ2n) is 5.89. The molecule has 132 valence electrons. The van der Waals surface area contributed by atoms with Crippen molar-refractivity contribution in [1.29, 1.82) is 0 Å². The van der Waals surface area contributed by atoms with Crippen LogP contribution in [-0.2, 0) is 16.0 Å². The predicted molar refractivity (Wildman–Crippen MR) is 90.7 cm³/mol. The average Bonchev–Trinajstić information content (AvgIpc) is 2.54. The van der Waals surface area contributed by atoms with Gasteiger partial charge in [0, 0.05) is 12.1 Å². The maximum absolute atomic E-state index is 13.1. The lowest BCUT2D eigenvalue weighted by Gasteiger charge is -2.19. The molecule has 0 heterocycles. The first-order chi connectivity index (χ1) is 11.8. The van der Waals surface area contributed by atoms with Crippen molar-refractivity contribution in [3.05, 3.63) is 71.3 Å². The van der Waals surface area contributed by atoms with Gasteiger partial charge in [-0.1, -0.05) is 30.3 Å². The van der Waals surface area contributed by atoms with Crippen molar-refractivity contribution in [2.24, 2.45) is 0 Å². The highest BCUT2D eigenvalue weighted by atomic mass is 19.1. The summed E-state index contributed by atoms with van der Waals surface area (Å²) < 4.78 is 26.3. The van der Waals surface area contributed by atoms with E-state index in [1.54, 1.807) is 6.92 Å². The van der Waals surface area contributed by atoms with E-state index in [9.17, 15) is 18.4 Å². The lowest BCUT2D eigenvalue weighted by molar-refractivity contribution is -0.131. The summed E-state index contributed by atoms with van der Waals surface area (Å²) in [6.07, 6.45) is -0.276. The summed E-state index contributed by atoms with van der Waals surface area (Å²) in [5.41, 5.74) is 1.18. The molecular formula is C19H20F2N2O2. The molecule has 2 N–H and O–H groups in total. The van der Waals surface area contributed by atoms with Crippen molar-refractivity contribution in [2.75, 3.05) is 0 Å². The van der Waals surface area contributed by atoms with Gasteiger partial charge in [-0.15, -0.1) is 0 Å². The summed E-state index contributed by atoms with van der Waals surface area (Å²) in [4.78, 5) is 24.0. The zero-order valence-corrected chi connectivity index (χ0v) is 14.1. The molecule has 2 aromatic carbocycles. The van der Waals surface area contributed by atoms with E-state index in [4.69, 9.17) is 0 Å². The third kappa shape index (κ3) is 5.76.